The molecule has 3 heteroatoms. The first-order valence-electron chi connectivity index (χ1n) is 8.19. The maximum absolute atomic E-state index is 5.46. The second-order valence-corrected chi connectivity index (χ2v) is 1.91. The van der Waals surface area contributed by atoms with Crippen LogP contribution in [-0.2, 0) is 0 Å². The number of nitrogens with two attached hydrogens (primary N) is 2. The van der Waals surface area contributed by atoms with Gasteiger partial charge >= 0.3 is 0 Å². The Bertz CT molecular complexity index is 176. The van der Waals surface area contributed by atoms with Crippen molar-refractivity contribution in [3.63, 3.8) is 0 Å². The van der Waals surface area contributed by atoms with Crippen LogP contribution in [0.4, 0.5) is 5.69 Å². The minimum absolute atomic E-state index is 0. The molecule has 1 rings (SSSR count). The molecule has 0 atom stereocenters. The molecule has 0 saturated carbocycles. The summed E-state index contributed by atoms with van der Waals surface area (Å²) in [4.78, 5) is 0. The van der Waals surface area contributed by atoms with Gasteiger partial charge in [-0.1, -0.05) is 111 Å². The third-order valence-electron chi connectivity index (χ3n) is 1.04. The smallest absolute Gasteiger partial charge is 0.0316 e. The van der Waals surface area contributed by atoms with Crippen molar-refractivity contribution in [2.24, 2.45) is 5.73 Å². The Kier molecular flexibility index (Phi) is 411. The summed E-state index contributed by atoms with van der Waals surface area (Å²) in [7, 11) is 1.50. The van der Waals surface area contributed by atoms with Crippen molar-refractivity contribution in [1.29, 1.82) is 0 Å². The van der Waals surface area contributed by atoms with Crippen LogP contribution >= 0.6 is 0 Å². The molecule has 25 heavy (non-hydrogen) atoms. The normalized spacial score (nSPS) is 4.36. The SMILES string of the molecule is C.C.C.C.CC.CC.CC.CC.CC.CN.Cc1cccc(N)c1.[B]. The fourth-order valence-corrected chi connectivity index (χ4v) is 0.670. The fraction of sp³-hybridized carbons (Fsp3) is 0.727. The van der Waals surface area contributed by atoms with E-state index in [-0.39, 0.29) is 38.1 Å². The lowest BCUT2D eigenvalue weighted by molar-refractivity contribution is 1.47. The number of anilines is 1. The van der Waals surface area contributed by atoms with Crippen LogP contribution in [0.15, 0.2) is 24.3 Å². The highest BCUT2D eigenvalue weighted by Gasteiger charge is 1.81. The van der Waals surface area contributed by atoms with E-state index in [1.54, 1.807) is 0 Å². The number of aryl methyl sites for hydroxylation is 1. The molecule has 0 heterocycles. The van der Waals surface area contributed by atoms with Crippen molar-refractivity contribution in [2.45, 2.75) is 106 Å². The highest BCUT2D eigenvalue weighted by Crippen LogP contribution is 2.03. The van der Waals surface area contributed by atoms with Gasteiger partial charge in [0.2, 0.25) is 0 Å². The number of benzene rings is 1. The van der Waals surface area contributed by atoms with Crippen molar-refractivity contribution >= 4 is 14.1 Å². The van der Waals surface area contributed by atoms with E-state index in [4.69, 9.17) is 5.73 Å². The molecule has 161 valence electrons. The lowest BCUT2D eigenvalue weighted by Crippen LogP contribution is -1.82. The van der Waals surface area contributed by atoms with Gasteiger partial charge in [0, 0.05) is 14.1 Å². The first-order chi connectivity index (χ1) is 9.79. The Morgan fingerprint density at radius 2 is 0.840 bits per heavy atom. The van der Waals surface area contributed by atoms with E-state index in [2.05, 4.69) is 5.73 Å². The molecule has 1 aromatic rings. The Morgan fingerprint density at radius 1 is 0.600 bits per heavy atom. The molecule has 0 bridgehead atoms. The first kappa shape index (κ1) is 75.0. The largest absolute Gasteiger partial charge is 0.399 e. The van der Waals surface area contributed by atoms with Crippen molar-refractivity contribution in [1.82, 2.24) is 0 Å². The first-order valence-corrected chi connectivity index (χ1v) is 8.19. The van der Waals surface area contributed by atoms with Crippen LogP contribution < -0.4 is 11.5 Å². The third-order valence-corrected chi connectivity index (χ3v) is 1.04. The quantitative estimate of drug-likeness (QED) is 0.359. The summed E-state index contributed by atoms with van der Waals surface area (Å²) in [5.41, 5.74) is 12.0. The number of nitrogen functional groups attached to an aromatic ring is 1. The molecule has 0 aliphatic heterocycles. The summed E-state index contributed by atoms with van der Waals surface area (Å²) in [6, 6.07) is 7.80. The van der Waals surface area contributed by atoms with Crippen LogP contribution in [0.1, 0.15) is 105 Å². The van der Waals surface area contributed by atoms with E-state index in [1.807, 2.05) is 100 Å². The number of rotatable bonds is 0. The second-order valence-electron chi connectivity index (χ2n) is 1.91. The maximum Gasteiger partial charge on any atom is 0.0316 e. The average molecular weight is 364 g/mol. The Morgan fingerprint density at radius 3 is 0.960 bits per heavy atom. The van der Waals surface area contributed by atoms with Gasteiger partial charge in [-0.3, -0.25) is 0 Å². The van der Waals surface area contributed by atoms with Crippen molar-refractivity contribution < 1.29 is 0 Å². The van der Waals surface area contributed by atoms with Gasteiger partial charge in [0.25, 0.3) is 0 Å². The van der Waals surface area contributed by atoms with Gasteiger partial charge < -0.3 is 11.5 Å². The van der Waals surface area contributed by atoms with Crippen molar-refractivity contribution in [3.05, 3.63) is 29.8 Å². The van der Waals surface area contributed by atoms with E-state index >= 15 is 0 Å². The average Bonchev–Trinajstić information content (AvgIpc) is 2.58. The van der Waals surface area contributed by atoms with Gasteiger partial charge in [0.05, 0.1) is 0 Å². The summed E-state index contributed by atoms with van der Waals surface area (Å²) in [6.07, 6.45) is 0. The zero-order valence-electron chi connectivity index (χ0n) is 17.0. The summed E-state index contributed by atoms with van der Waals surface area (Å²) < 4.78 is 0. The van der Waals surface area contributed by atoms with E-state index in [0.717, 1.165) is 5.69 Å². The fourth-order valence-electron chi connectivity index (χ4n) is 0.670. The van der Waals surface area contributed by atoms with Gasteiger partial charge in [-0.2, -0.15) is 0 Å². The van der Waals surface area contributed by atoms with Gasteiger partial charge in [0.1, 0.15) is 0 Å². The molecule has 0 amide bonds. The van der Waals surface area contributed by atoms with Crippen LogP contribution in [0.5, 0.6) is 0 Å². The Hall–Kier alpha value is -0.955. The van der Waals surface area contributed by atoms with Crippen LogP contribution in [-0.4, -0.2) is 15.5 Å². The predicted molar refractivity (Wildman–Crippen MR) is 135 cm³/mol. The van der Waals surface area contributed by atoms with Crippen LogP contribution in [0, 0.1) is 6.92 Å². The molecular formula is C22H60BN2. The Balaban J connectivity index is -0.0000000114. The lowest BCUT2D eigenvalue weighted by Gasteiger charge is -1.91. The van der Waals surface area contributed by atoms with Crippen molar-refractivity contribution in [3.8, 4) is 0 Å². The minimum atomic E-state index is 0. The predicted octanol–water partition coefficient (Wildman–Crippen LogP) is 8.45. The lowest BCUT2D eigenvalue weighted by atomic mass is 10.2. The molecule has 0 spiro atoms. The summed E-state index contributed by atoms with van der Waals surface area (Å²) in [5.74, 6) is 0. The topological polar surface area (TPSA) is 52.0 Å². The summed E-state index contributed by atoms with van der Waals surface area (Å²) in [6.45, 7) is 22.0. The van der Waals surface area contributed by atoms with Crippen LogP contribution in [0.25, 0.3) is 0 Å². The van der Waals surface area contributed by atoms with Gasteiger partial charge in [-0.15, -0.1) is 0 Å². The van der Waals surface area contributed by atoms with E-state index in [0.29, 0.717) is 0 Å². The molecule has 0 fully saturated rings. The number of hydrogen-bond donors (Lipinski definition) is 2. The summed E-state index contributed by atoms with van der Waals surface area (Å²) >= 11 is 0. The molecule has 0 aromatic heterocycles. The molecule has 1 aromatic carbocycles. The zero-order chi connectivity index (χ0) is 18.0. The van der Waals surface area contributed by atoms with Gasteiger partial charge in [-0.05, 0) is 31.7 Å². The van der Waals surface area contributed by atoms with Crippen LogP contribution in [0.3, 0.4) is 0 Å². The molecule has 3 radical (unpaired) electrons. The number of hydrogen-bond acceptors (Lipinski definition) is 2. The molecule has 2 nitrogen and oxygen atoms in total. The van der Waals surface area contributed by atoms with E-state index in [1.165, 1.54) is 12.6 Å². The monoisotopic (exact) mass is 363 g/mol. The van der Waals surface area contributed by atoms with E-state index < -0.39 is 0 Å². The van der Waals surface area contributed by atoms with Crippen LogP contribution in [0.2, 0.25) is 0 Å². The second kappa shape index (κ2) is 137. The third kappa shape index (κ3) is 125. The summed E-state index contributed by atoms with van der Waals surface area (Å²) in [5, 5.41) is 0. The standard InChI is InChI=1S/C7H9N.5C2H6.CH5N.4CH4.B/c1-6-3-2-4-7(8)5-6;6*1-2;;;;;/h2-5H,8H2,1H3;5*1-2H3;2H2,1H3;4*1H4;. The molecule has 0 saturated heterocycles. The minimum Gasteiger partial charge on any atom is -0.399 e. The van der Waals surface area contributed by atoms with Gasteiger partial charge in [-0.25, -0.2) is 0 Å². The highest BCUT2D eigenvalue weighted by atomic mass is 14.5. The van der Waals surface area contributed by atoms with E-state index in [9.17, 15) is 0 Å². The van der Waals surface area contributed by atoms with Crippen molar-refractivity contribution in [2.75, 3.05) is 12.8 Å². The highest BCUT2D eigenvalue weighted by molar-refractivity contribution is 5.75. The molecule has 4 N–H and O–H groups in total. The maximum atomic E-state index is 5.46. The Labute approximate surface area is 168 Å². The van der Waals surface area contributed by atoms with Gasteiger partial charge in [0.15, 0.2) is 0 Å². The molecule has 0 aliphatic carbocycles. The molecular weight excluding hydrogens is 303 g/mol. The molecule has 0 aliphatic rings. The molecule has 0 unspecified atom stereocenters. The zero-order valence-corrected chi connectivity index (χ0v) is 17.0.